The molecule has 1 N–H and O–H groups in total. The number of ketones is 1. The molecule has 3 aliphatic heterocycles. The molecule has 0 radical (unpaired) electrons. The van der Waals surface area contributed by atoms with Gasteiger partial charge in [-0.1, -0.05) is 34.6 Å². The van der Waals surface area contributed by atoms with Crippen LogP contribution >= 0.6 is 0 Å². The van der Waals surface area contributed by atoms with Gasteiger partial charge in [-0.3, -0.25) is 0 Å². The fraction of sp³-hybridized carbons (Fsp3) is 0.722. The van der Waals surface area contributed by atoms with Crippen molar-refractivity contribution in [3.8, 4) is 0 Å². The molecule has 2 fully saturated rings. The van der Waals surface area contributed by atoms with Gasteiger partial charge in [-0.15, -0.1) is 0 Å². The summed E-state index contributed by atoms with van der Waals surface area (Å²) in [5, 5.41) is 3.77. The molecule has 0 unspecified atom stereocenters. The van der Waals surface area contributed by atoms with Gasteiger partial charge in [0, 0.05) is 14.2 Å². The van der Waals surface area contributed by atoms with Crippen LogP contribution in [0.4, 0.5) is 0 Å². The summed E-state index contributed by atoms with van der Waals surface area (Å²) in [7, 11) is 1.34. The number of hydrogen-bond acceptors (Lipinski definition) is 9. The second-order valence-electron chi connectivity index (χ2n) is 15.4. The van der Waals surface area contributed by atoms with E-state index in [0.717, 1.165) is 5.32 Å². The van der Waals surface area contributed by atoms with E-state index in [1.54, 1.807) is 14.2 Å². The molecular formula is C36H57NO9SeSi. The van der Waals surface area contributed by atoms with Crippen LogP contribution in [0.5, 0.6) is 0 Å². The third-order valence-electron chi connectivity index (χ3n) is 10.8. The van der Waals surface area contributed by atoms with E-state index in [-0.39, 0.29) is 68.8 Å². The third kappa shape index (κ3) is 9.00. The molecule has 3 heterocycles. The Bertz CT molecular complexity index is 1270. The molecule has 3 aliphatic rings. The third-order valence-corrected chi connectivity index (χ3v) is 17.7. The number of ether oxygens (including phenoxy) is 6. The number of rotatable bonds is 13. The minimum atomic E-state index is -2.00. The topological polar surface area (TPSA) is 111 Å². The van der Waals surface area contributed by atoms with E-state index in [1.165, 1.54) is 4.46 Å². The summed E-state index contributed by atoms with van der Waals surface area (Å²) >= 11 is 0.230. The number of carbonyl (C=O) groups excluding carboxylic acids is 2. The van der Waals surface area contributed by atoms with Crippen molar-refractivity contribution in [3.63, 3.8) is 0 Å². The zero-order chi connectivity index (χ0) is 35.4. The molecule has 1 aromatic carbocycles. The van der Waals surface area contributed by atoms with Crippen molar-refractivity contribution in [2.75, 3.05) is 27.6 Å². The van der Waals surface area contributed by atoms with E-state index < -0.39 is 43.9 Å². The standard InChI is InChI=1S/C36H57NO9SeSi/c1-22-23(2)45-27(17-24(22)20-47-26-15-13-12-14-16-26)29(38)33(39)37-34-31-30(42-21-43-34)32(41-9)36(6,7)28(46-31)18-25(40-8)19-44-48(10,11)35(3,4)5/h12-17,22-25,28,30-32,34H,18-21H2,1-11H3,(H,37,39)/t22-,23+,24-,25-,28+,30-,31-,32+,34-/m0/s1. The smallest absolute Gasteiger partial charge is 0.0548 e. The van der Waals surface area contributed by atoms with Crippen LogP contribution in [-0.2, 0) is 42.4 Å². The number of benzene rings is 1. The predicted octanol–water partition coefficient (Wildman–Crippen LogP) is 4.61. The minimum Gasteiger partial charge on any atom is -0.0548 e. The van der Waals surface area contributed by atoms with E-state index in [9.17, 15) is 9.59 Å². The van der Waals surface area contributed by atoms with Gasteiger partial charge in [-0.05, 0) is 18.1 Å². The zero-order valence-electron chi connectivity index (χ0n) is 30.6. The molecule has 12 heteroatoms. The minimum absolute atomic E-state index is 0.0682. The Morgan fingerprint density at radius 1 is 1.08 bits per heavy atom. The number of fused-ring (bicyclic) bond motifs is 1. The van der Waals surface area contributed by atoms with Gasteiger partial charge in [0.15, 0.2) is 8.32 Å². The summed E-state index contributed by atoms with van der Waals surface area (Å²) in [5.74, 6) is -1.13. The van der Waals surface area contributed by atoms with Crippen LogP contribution in [0.25, 0.3) is 0 Å². The van der Waals surface area contributed by atoms with E-state index in [1.807, 2.05) is 31.2 Å². The van der Waals surface area contributed by atoms with Crippen LogP contribution in [0.2, 0.25) is 23.5 Å². The molecular weight excluding hydrogens is 697 g/mol. The summed E-state index contributed by atoms with van der Waals surface area (Å²) in [4.78, 5) is 27.0. The average Bonchev–Trinajstić information content (AvgIpc) is 3.03. The molecule has 0 aliphatic carbocycles. The van der Waals surface area contributed by atoms with Crippen LogP contribution in [0.3, 0.4) is 0 Å². The fourth-order valence-corrected chi connectivity index (χ4v) is 9.64. The molecule has 0 bridgehead atoms. The van der Waals surface area contributed by atoms with Gasteiger partial charge in [0.05, 0.1) is 12.7 Å². The Morgan fingerprint density at radius 3 is 2.40 bits per heavy atom. The molecule has 1 aromatic rings. The maximum absolute atomic E-state index is 13.5. The molecule has 48 heavy (non-hydrogen) atoms. The summed E-state index contributed by atoms with van der Waals surface area (Å²) in [6.07, 6.45) is -0.985. The molecule has 0 saturated carbocycles. The van der Waals surface area contributed by atoms with E-state index in [4.69, 9.17) is 32.8 Å². The number of carbonyl (C=O) groups is 2. The van der Waals surface area contributed by atoms with Crippen molar-refractivity contribution in [1.29, 1.82) is 0 Å². The Morgan fingerprint density at radius 2 is 1.77 bits per heavy atom. The number of methoxy groups -OCH3 is 2. The zero-order valence-corrected chi connectivity index (χ0v) is 33.3. The average molecular weight is 755 g/mol. The van der Waals surface area contributed by atoms with Crippen LogP contribution in [0.15, 0.2) is 42.2 Å². The molecule has 9 atom stereocenters. The van der Waals surface area contributed by atoms with Crippen molar-refractivity contribution in [2.45, 2.75) is 121 Å². The Kier molecular flexibility index (Phi) is 13.2. The van der Waals surface area contributed by atoms with Crippen molar-refractivity contribution in [1.82, 2.24) is 5.32 Å². The first-order valence-electron chi connectivity index (χ1n) is 17.0. The van der Waals surface area contributed by atoms with Gasteiger partial charge < -0.3 is 9.16 Å². The number of hydrogen-bond donors (Lipinski definition) is 1. The quantitative estimate of drug-likeness (QED) is 0.228. The van der Waals surface area contributed by atoms with Gasteiger partial charge in [0.1, 0.15) is 0 Å². The number of nitrogens with one attached hydrogen (secondary N) is 1. The van der Waals surface area contributed by atoms with E-state index in [2.05, 4.69) is 72.1 Å². The van der Waals surface area contributed by atoms with Gasteiger partial charge in [0.2, 0.25) is 0 Å². The Hall–Kier alpha value is -1.60. The van der Waals surface area contributed by atoms with Crippen LogP contribution in [-0.4, -0.2) is 105 Å². The molecule has 10 nitrogen and oxygen atoms in total. The van der Waals surface area contributed by atoms with Crippen molar-refractivity contribution in [3.05, 3.63) is 42.2 Å². The summed E-state index contributed by atoms with van der Waals surface area (Å²) in [6, 6.07) is 10.3. The summed E-state index contributed by atoms with van der Waals surface area (Å²) in [6.45, 7) is 19.7. The van der Waals surface area contributed by atoms with Crippen LogP contribution in [0, 0.1) is 17.3 Å². The van der Waals surface area contributed by atoms with Gasteiger partial charge in [0.25, 0.3) is 0 Å². The van der Waals surface area contributed by atoms with Crippen molar-refractivity contribution < 1.29 is 42.4 Å². The van der Waals surface area contributed by atoms with Gasteiger partial charge in [-0.2, -0.15) is 0 Å². The first-order chi connectivity index (χ1) is 22.5. The number of Topliss-reactive ketones (excluding diaryl/α,β-unsaturated/α-hetero) is 1. The monoisotopic (exact) mass is 755 g/mol. The molecule has 0 spiro atoms. The van der Waals surface area contributed by atoms with Crippen molar-refractivity contribution >= 4 is 39.4 Å². The predicted molar refractivity (Wildman–Crippen MR) is 187 cm³/mol. The van der Waals surface area contributed by atoms with E-state index >= 15 is 0 Å². The second-order valence-corrected chi connectivity index (χ2v) is 22.5. The normalized spacial score (nSPS) is 31.2. The summed E-state index contributed by atoms with van der Waals surface area (Å²) < 4.78 is 44.3. The molecule has 1 amide bonds. The Labute approximate surface area is 294 Å². The van der Waals surface area contributed by atoms with Gasteiger partial charge >= 0.3 is 198 Å². The molecule has 270 valence electrons. The molecule has 2 saturated heterocycles. The van der Waals surface area contributed by atoms with Crippen LogP contribution in [0.1, 0.15) is 54.9 Å². The van der Waals surface area contributed by atoms with Crippen molar-refractivity contribution in [2.24, 2.45) is 17.3 Å². The first-order valence-corrected chi connectivity index (χ1v) is 22.0. The molecule has 0 aromatic heterocycles. The maximum atomic E-state index is 13.5. The van der Waals surface area contributed by atoms with E-state index in [0.29, 0.717) is 13.0 Å². The number of allylic oxidation sites excluding steroid dienone is 1. The summed E-state index contributed by atoms with van der Waals surface area (Å²) in [5.41, 5.74) is -0.477. The second kappa shape index (κ2) is 16.2. The Balaban J connectivity index is 1.46. The van der Waals surface area contributed by atoms with Gasteiger partial charge in [-0.25, -0.2) is 0 Å². The van der Waals surface area contributed by atoms with Crippen LogP contribution < -0.4 is 9.78 Å². The molecule has 4 rings (SSSR count). The fourth-order valence-electron chi connectivity index (χ4n) is 6.23. The number of amides is 1. The first kappa shape index (κ1) is 39.2. The SMILES string of the molecule is CO[C@H](CO[Si](C)(C)C(C)(C)C)C[C@H]1O[C@H]2[C@H](OCO[C@@H]2NC(=O)C(=O)C2=C[C@@H](C[Se]c3ccccc3)[C@@H](C)[C@@H](C)O2)[C@@H](OC)C1(C)C.